The molecule has 0 bridgehead atoms. The van der Waals surface area contributed by atoms with Crippen LogP contribution in [0.2, 0.25) is 10.0 Å². The van der Waals surface area contributed by atoms with Crippen molar-refractivity contribution in [2.45, 2.75) is 11.8 Å². The minimum atomic E-state index is 0.515. The highest BCUT2D eigenvalue weighted by molar-refractivity contribution is 8.06. The molecule has 1 aromatic heterocycles. The molecule has 0 aliphatic carbocycles. The van der Waals surface area contributed by atoms with Gasteiger partial charge in [-0.2, -0.15) is 23.5 Å². The molecular formula is C12H13Cl2N3S2. The summed E-state index contributed by atoms with van der Waals surface area (Å²) in [6.45, 7) is 0.873. The molecule has 19 heavy (non-hydrogen) atoms. The molecule has 1 atom stereocenters. The molecule has 2 N–H and O–H groups in total. The van der Waals surface area contributed by atoms with Crippen LogP contribution in [0.4, 0.5) is 5.95 Å². The number of nitrogen functional groups attached to an aromatic ring is 1. The van der Waals surface area contributed by atoms with E-state index in [2.05, 4.69) is 4.98 Å². The first-order valence-electron chi connectivity index (χ1n) is 5.95. The summed E-state index contributed by atoms with van der Waals surface area (Å²) in [5.74, 6) is 4.13. The van der Waals surface area contributed by atoms with Crippen molar-refractivity contribution in [3.63, 3.8) is 0 Å². The molecule has 3 nitrogen and oxygen atoms in total. The molecule has 1 aliphatic rings. The van der Waals surface area contributed by atoms with Gasteiger partial charge in [-0.25, -0.2) is 4.98 Å². The highest BCUT2D eigenvalue weighted by Crippen LogP contribution is 2.31. The van der Waals surface area contributed by atoms with E-state index in [0.717, 1.165) is 23.3 Å². The Kier molecular flexibility index (Phi) is 4.08. The molecule has 2 heterocycles. The fourth-order valence-electron chi connectivity index (χ4n) is 2.18. The zero-order chi connectivity index (χ0) is 13.4. The fraction of sp³-hybridized carbons (Fsp3) is 0.417. The van der Waals surface area contributed by atoms with Gasteiger partial charge in [0.2, 0.25) is 5.95 Å². The lowest BCUT2D eigenvalue weighted by molar-refractivity contribution is 0.724. The van der Waals surface area contributed by atoms with Crippen molar-refractivity contribution in [2.75, 3.05) is 23.0 Å². The molecule has 1 aliphatic heterocycles. The second kappa shape index (κ2) is 5.64. The zero-order valence-corrected chi connectivity index (χ0v) is 13.2. The third-order valence-electron chi connectivity index (χ3n) is 3.09. The van der Waals surface area contributed by atoms with Crippen LogP contribution in [-0.2, 0) is 6.54 Å². The number of halogens is 2. The summed E-state index contributed by atoms with van der Waals surface area (Å²) >= 11 is 16.1. The molecule has 0 radical (unpaired) electrons. The minimum Gasteiger partial charge on any atom is -0.369 e. The van der Waals surface area contributed by atoms with E-state index in [4.69, 9.17) is 28.9 Å². The smallest absolute Gasteiger partial charge is 0.201 e. The van der Waals surface area contributed by atoms with Crippen LogP contribution < -0.4 is 5.73 Å². The highest BCUT2D eigenvalue weighted by atomic mass is 35.5. The number of hydrogen-bond donors (Lipinski definition) is 1. The number of hydrogen-bond acceptors (Lipinski definition) is 4. The molecule has 0 saturated carbocycles. The lowest BCUT2D eigenvalue weighted by Gasteiger charge is -2.22. The van der Waals surface area contributed by atoms with Gasteiger partial charge in [0.25, 0.3) is 0 Å². The Morgan fingerprint density at radius 1 is 1.32 bits per heavy atom. The van der Waals surface area contributed by atoms with Gasteiger partial charge < -0.3 is 10.3 Å². The van der Waals surface area contributed by atoms with E-state index in [1.807, 2.05) is 34.2 Å². The van der Waals surface area contributed by atoms with E-state index >= 15 is 0 Å². The number of aromatic nitrogens is 2. The quantitative estimate of drug-likeness (QED) is 0.908. The largest absolute Gasteiger partial charge is 0.369 e. The first-order chi connectivity index (χ1) is 9.15. The summed E-state index contributed by atoms with van der Waals surface area (Å²) in [7, 11) is 0. The number of nitrogens with zero attached hydrogens (tertiary/aromatic N) is 2. The van der Waals surface area contributed by atoms with Crippen molar-refractivity contribution < 1.29 is 0 Å². The van der Waals surface area contributed by atoms with Gasteiger partial charge in [-0.05, 0) is 12.1 Å². The Morgan fingerprint density at radius 2 is 2.11 bits per heavy atom. The van der Waals surface area contributed by atoms with E-state index in [-0.39, 0.29) is 0 Å². The predicted molar refractivity (Wildman–Crippen MR) is 87.7 cm³/mol. The van der Waals surface area contributed by atoms with E-state index in [0.29, 0.717) is 21.2 Å². The lowest BCUT2D eigenvalue weighted by atomic mass is 10.3. The van der Waals surface area contributed by atoms with Gasteiger partial charge in [-0.3, -0.25) is 0 Å². The summed E-state index contributed by atoms with van der Waals surface area (Å²) in [5, 5.41) is 1.63. The monoisotopic (exact) mass is 333 g/mol. The van der Waals surface area contributed by atoms with Gasteiger partial charge in [0, 0.05) is 29.1 Å². The van der Waals surface area contributed by atoms with Crippen LogP contribution in [0, 0.1) is 0 Å². The van der Waals surface area contributed by atoms with Gasteiger partial charge in [-0.15, -0.1) is 0 Å². The number of anilines is 1. The number of benzene rings is 1. The third kappa shape index (κ3) is 2.79. The van der Waals surface area contributed by atoms with E-state index < -0.39 is 0 Å². The number of imidazole rings is 1. The Bertz CT molecular complexity index is 609. The lowest BCUT2D eigenvalue weighted by Crippen LogP contribution is -2.21. The summed E-state index contributed by atoms with van der Waals surface area (Å²) in [6, 6.07) is 3.62. The molecule has 0 spiro atoms. The van der Waals surface area contributed by atoms with Crippen LogP contribution in [-0.4, -0.2) is 32.1 Å². The fourth-order valence-corrected chi connectivity index (χ4v) is 5.14. The average molecular weight is 334 g/mol. The highest BCUT2D eigenvalue weighted by Gasteiger charge is 2.18. The van der Waals surface area contributed by atoms with Gasteiger partial charge in [0.1, 0.15) is 0 Å². The van der Waals surface area contributed by atoms with Crippen LogP contribution in [0.3, 0.4) is 0 Å². The molecule has 0 amide bonds. The first-order valence-corrected chi connectivity index (χ1v) is 8.91. The maximum Gasteiger partial charge on any atom is 0.201 e. The third-order valence-corrected chi connectivity index (χ3v) is 6.64. The molecule has 3 rings (SSSR count). The summed E-state index contributed by atoms with van der Waals surface area (Å²) in [4.78, 5) is 4.36. The van der Waals surface area contributed by atoms with E-state index in [1.165, 1.54) is 11.5 Å². The SMILES string of the molecule is Nc1nc2cc(Cl)c(Cl)cc2n1CC1CSCCS1. The maximum absolute atomic E-state index is 6.09. The Hall–Kier alpha value is -0.230. The number of rotatable bonds is 2. The molecule has 102 valence electrons. The van der Waals surface area contributed by atoms with E-state index in [1.54, 1.807) is 6.07 Å². The Balaban J connectivity index is 1.97. The maximum atomic E-state index is 6.09. The molecule has 7 heteroatoms. The summed E-state index contributed by atoms with van der Waals surface area (Å²) < 4.78 is 2.04. The van der Waals surface area contributed by atoms with Crippen molar-refractivity contribution in [1.29, 1.82) is 0 Å². The molecule has 2 aromatic rings. The molecule has 1 aromatic carbocycles. The zero-order valence-electron chi connectivity index (χ0n) is 10.1. The van der Waals surface area contributed by atoms with Gasteiger partial charge >= 0.3 is 0 Å². The van der Waals surface area contributed by atoms with Gasteiger partial charge in [0.05, 0.1) is 21.1 Å². The summed E-state index contributed by atoms with van der Waals surface area (Å²) in [5.41, 5.74) is 7.79. The Labute approximate surface area is 130 Å². The van der Waals surface area contributed by atoms with Crippen molar-refractivity contribution in [1.82, 2.24) is 9.55 Å². The first kappa shape index (κ1) is 13.7. The molecule has 1 fully saturated rings. The van der Waals surface area contributed by atoms with Crippen LogP contribution in [0.1, 0.15) is 0 Å². The van der Waals surface area contributed by atoms with Crippen LogP contribution >= 0.6 is 46.7 Å². The summed E-state index contributed by atoms with van der Waals surface area (Å²) in [6.07, 6.45) is 0. The van der Waals surface area contributed by atoms with Crippen LogP contribution in [0.5, 0.6) is 0 Å². The van der Waals surface area contributed by atoms with E-state index in [9.17, 15) is 0 Å². The van der Waals surface area contributed by atoms with Gasteiger partial charge in [-0.1, -0.05) is 23.2 Å². The minimum absolute atomic E-state index is 0.515. The normalized spacial score (nSPS) is 20.0. The topological polar surface area (TPSA) is 43.8 Å². The van der Waals surface area contributed by atoms with Crippen molar-refractivity contribution in [3.8, 4) is 0 Å². The second-order valence-electron chi connectivity index (χ2n) is 4.40. The standard InChI is InChI=1S/C12H13Cl2N3S2/c13-8-3-10-11(4-9(8)14)17(12(15)16-10)5-7-6-18-1-2-19-7/h3-4,7H,1-2,5-6H2,(H2,15,16). The number of nitrogens with two attached hydrogens (primary N) is 1. The molecule has 1 saturated heterocycles. The Morgan fingerprint density at radius 3 is 2.84 bits per heavy atom. The van der Waals surface area contributed by atoms with Crippen molar-refractivity contribution in [2.24, 2.45) is 0 Å². The van der Waals surface area contributed by atoms with Crippen LogP contribution in [0.15, 0.2) is 12.1 Å². The average Bonchev–Trinajstić information content (AvgIpc) is 2.68. The van der Waals surface area contributed by atoms with Crippen molar-refractivity contribution >= 4 is 63.7 Å². The molecule has 1 unspecified atom stereocenters. The van der Waals surface area contributed by atoms with Crippen molar-refractivity contribution in [3.05, 3.63) is 22.2 Å². The second-order valence-corrected chi connectivity index (χ2v) is 7.78. The predicted octanol–water partition coefficient (Wildman–Crippen LogP) is 3.77. The van der Waals surface area contributed by atoms with Crippen LogP contribution in [0.25, 0.3) is 11.0 Å². The van der Waals surface area contributed by atoms with Gasteiger partial charge in [0.15, 0.2) is 0 Å². The number of thioether (sulfide) groups is 2. The number of fused-ring (bicyclic) bond motifs is 1. The molecular weight excluding hydrogens is 321 g/mol.